The molecule has 1 rings (SSSR count). The number of benzene rings is 1. The molecule has 0 spiro atoms. The minimum atomic E-state index is -3.54. The SMILES string of the molecule is C=CCNCC(=O)c1ccc(OS(C)(=O)=O)cc1. The number of rotatable bonds is 7. The molecule has 18 heavy (non-hydrogen) atoms. The maximum Gasteiger partial charge on any atom is 0.306 e. The van der Waals surface area contributed by atoms with Crippen molar-refractivity contribution in [3.05, 3.63) is 42.5 Å². The van der Waals surface area contributed by atoms with Crippen LogP contribution in [0.1, 0.15) is 10.4 Å². The highest BCUT2D eigenvalue weighted by Crippen LogP contribution is 2.14. The van der Waals surface area contributed by atoms with Crippen LogP contribution in [0.4, 0.5) is 0 Å². The molecule has 98 valence electrons. The van der Waals surface area contributed by atoms with Gasteiger partial charge < -0.3 is 9.50 Å². The molecule has 1 aromatic carbocycles. The summed E-state index contributed by atoms with van der Waals surface area (Å²) in [4.78, 5) is 11.7. The summed E-state index contributed by atoms with van der Waals surface area (Å²) in [5.74, 6) is 0.107. The van der Waals surface area contributed by atoms with Gasteiger partial charge in [0.15, 0.2) is 5.78 Å². The molecule has 0 saturated heterocycles. The fraction of sp³-hybridized carbons (Fsp3) is 0.250. The van der Waals surface area contributed by atoms with Gasteiger partial charge in [-0.1, -0.05) is 6.08 Å². The molecule has 1 aromatic rings. The van der Waals surface area contributed by atoms with Crippen molar-refractivity contribution in [1.29, 1.82) is 0 Å². The summed E-state index contributed by atoms with van der Waals surface area (Å²) in [6.45, 7) is 4.29. The van der Waals surface area contributed by atoms with E-state index in [1.54, 1.807) is 6.08 Å². The van der Waals surface area contributed by atoms with E-state index < -0.39 is 10.1 Å². The second-order valence-electron chi connectivity index (χ2n) is 3.65. The first kappa shape index (κ1) is 14.4. The number of carbonyl (C=O) groups excluding carboxylic acids is 1. The third-order valence-electron chi connectivity index (χ3n) is 2.00. The first-order chi connectivity index (χ1) is 8.42. The van der Waals surface area contributed by atoms with Gasteiger partial charge in [-0.25, -0.2) is 0 Å². The maximum absolute atomic E-state index is 11.7. The van der Waals surface area contributed by atoms with Gasteiger partial charge in [0.05, 0.1) is 12.8 Å². The summed E-state index contributed by atoms with van der Waals surface area (Å²) in [5.41, 5.74) is 0.493. The summed E-state index contributed by atoms with van der Waals surface area (Å²) in [5, 5.41) is 2.89. The predicted molar refractivity (Wildman–Crippen MR) is 69.3 cm³/mol. The van der Waals surface area contributed by atoms with Crippen LogP contribution >= 0.6 is 0 Å². The normalized spacial score (nSPS) is 10.9. The summed E-state index contributed by atoms with van der Waals surface area (Å²) >= 11 is 0. The van der Waals surface area contributed by atoms with Crippen molar-refractivity contribution in [3.8, 4) is 5.75 Å². The van der Waals surface area contributed by atoms with Crippen LogP contribution in [0, 0.1) is 0 Å². The summed E-state index contributed by atoms with van der Waals surface area (Å²) in [6.07, 6.45) is 2.63. The number of nitrogens with one attached hydrogen (secondary N) is 1. The second kappa shape index (κ2) is 6.32. The van der Waals surface area contributed by atoms with Crippen LogP contribution in [-0.4, -0.2) is 33.5 Å². The van der Waals surface area contributed by atoms with Crippen molar-refractivity contribution in [2.75, 3.05) is 19.3 Å². The van der Waals surface area contributed by atoms with Crippen LogP contribution in [0.25, 0.3) is 0 Å². The van der Waals surface area contributed by atoms with Gasteiger partial charge in [-0.15, -0.1) is 6.58 Å². The number of Topliss-reactive ketones (excluding diaryl/α,β-unsaturated/α-hetero) is 1. The van der Waals surface area contributed by atoms with E-state index in [2.05, 4.69) is 16.1 Å². The minimum absolute atomic E-state index is 0.0808. The van der Waals surface area contributed by atoms with Gasteiger partial charge >= 0.3 is 10.1 Å². The van der Waals surface area contributed by atoms with Gasteiger partial charge in [0.1, 0.15) is 5.75 Å². The highest BCUT2D eigenvalue weighted by molar-refractivity contribution is 7.86. The van der Waals surface area contributed by atoms with E-state index in [-0.39, 0.29) is 18.1 Å². The first-order valence-electron chi connectivity index (χ1n) is 5.27. The van der Waals surface area contributed by atoms with Crippen molar-refractivity contribution < 1.29 is 17.4 Å². The zero-order valence-corrected chi connectivity index (χ0v) is 10.9. The molecule has 0 radical (unpaired) electrons. The Morgan fingerprint density at radius 1 is 1.39 bits per heavy atom. The molecule has 0 saturated carbocycles. The molecule has 0 bridgehead atoms. The van der Waals surface area contributed by atoms with Gasteiger partial charge in [-0.2, -0.15) is 8.42 Å². The molecule has 0 amide bonds. The average Bonchev–Trinajstić information content (AvgIpc) is 2.28. The van der Waals surface area contributed by atoms with Crippen molar-refractivity contribution >= 4 is 15.9 Å². The summed E-state index contributed by atoms with van der Waals surface area (Å²) in [6, 6.07) is 5.94. The zero-order valence-electron chi connectivity index (χ0n) is 10.0. The third-order valence-corrected chi connectivity index (χ3v) is 2.49. The first-order valence-corrected chi connectivity index (χ1v) is 7.08. The fourth-order valence-corrected chi connectivity index (χ4v) is 1.72. The Hall–Kier alpha value is -1.66. The Labute approximate surface area is 107 Å². The lowest BCUT2D eigenvalue weighted by Crippen LogP contribution is -2.22. The van der Waals surface area contributed by atoms with Crippen LogP contribution < -0.4 is 9.50 Å². The van der Waals surface area contributed by atoms with E-state index in [0.717, 1.165) is 6.26 Å². The lowest BCUT2D eigenvalue weighted by Gasteiger charge is -2.04. The Balaban J connectivity index is 2.65. The minimum Gasteiger partial charge on any atom is -0.383 e. The fourth-order valence-electron chi connectivity index (χ4n) is 1.26. The molecule has 5 nitrogen and oxygen atoms in total. The van der Waals surface area contributed by atoms with E-state index in [9.17, 15) is 13.2 Å². The van der Waals surface area contributed by atoms with Crippen LogP contribution in [0.2, 0.25) is 0 Å². The molecule has 0 aliphatic heterocycles. The van der Waals surface area contributed by atoms with Crippen LogP contribution in [0.3, 0.4) is 0 Å². The Morgan fingerprint density at radius 3 is 2.50 bits per heavy atom. The van der Waals surface area contributed by atoms with E-state index in [1.807, 2.05) is 0 Å². The van der Waals surface area contributed by atoms with Gasteiger partial charge in [-0.3, -0.25) is 4.79 Å². The molecule has 6 heteroatoms. The predicted octanol–water partition coefficient (Wildman–Crippen LogP) is 0.983. The Morgan fingerprint density at radius 2 is 2.00 bits per heavy atom. The van der Waals surface area contributed by atoms with Gasteiger partial charge in [0, 0.05) is 12.1 Å². The highest BCUT2D eigenvalue weighted by Gasteiger charge is 2.07. The number of carbonyl (C=O) groups is 1. The monoisotopic (exact) mass is 269 g/mol. The zero-order chi connectivity index (χ0) is 13.6. The van der Waals surface area contributed by atoms with Crippen LogP contribution in [0.15, 0.2) is 36.9 Å². The lowest BCUT2D eigenvalue weighted by molar-refractivity contribution is 0.0992. The van der Waals surface area contributed by atoms with E-state index >= 15 is 0 Å². The molecular formula is C12H15NO4S. The topological polar surface area (TPSA) is 72.5 Å². The lowest BCUT2D eigenvalue weighted by atomic mass is 10.1. The molecule has 0 aliphatic rings. The molecule has 0 aliphatic carbocycles. The Bertz CT molecular complexity index is 520. The van der Waals surface area contributed by atoms with E-state index in [4.69, 9.17) is 0 Å². The van der Waals surface area contributed by atoms with Gasteiger partial charge in [-0.05, 0) is 24.3 Å². The van der Waals surface area contributed by atoms with Gasteiger partial charge in [0.2, 0.25) is 0 Å². The average molecular weight is 269 g/mol. The molecule has 0 atom stereocenters. The third kappa shape index (κ3) is 5.11. The van der Waals surface area contributed by atoms with Crippen molar-refractivity contribution in [2.24, 2.45) is 0 Å². The molecule has 0 aromatic heterocycles. The van der Waals surface area contributed by atoms with E-state index in [1.165, 1.54) is 24.3 Å². The molecule has 0 unspecified atom stereocenters. The standard InChI is InChI=1S/C12H15NO4S/c1-3-8-13-9-12(14)10-4-6-11(7-5-10)17-18(2,15)16/h3-7,13H,1,8-9H2,2H3. The van der Waals surface area contributed by atoms with Gasteiger partial charge in [0.25, 0.3) is 0 Å². The van der Waals surface area contributed by atoms with Crippen molar-refractivity contribution in [2.45, 2.75) is 0 Å². The molecular weight excluding hydrogens is 254 g/mol. The Kier molecular flexibility index (Phi) is 5.06. The van der Waals surface area contributed by atoms with Crippen LogP contribution in [-0.2, 0) is 10.1 Å². The largest absolute Gasteiger partial charge is 0.383 e. The molecule has 1 N–H and O–H groups in total. The quantitative estimate of drug-likeness (QED) is 0.346. The summed E-state index contributed by atoms with van der Waals surface area (Å²) in [7, 11) is -3.54. The second-order valence-corrected chi connectivity index (χ2v) is 5.23. The smallest absolute Gasteiger partial charge is 0.306 e. The highest BCUT2D eigenvalue weighted by atomic mass is 32.2. The van der Waals surface area contributed by atoms with Crippen molar-refractivity contribution in [3.63, 3.8) is 0 Å². The molecule has 0 heterocycles. The number of hydrogen-bond acceptors (Lipinski definition) is 5. The maximum atomic E-state index is 11.7. The number of ketones is 1. The van der Waals surface area contributed by atoms with Crippen LogP contribution in [0.5, 0.6) is 5.75 Å². The summed E-state index contributed by atoms with van der Waals surface area (Å²) < 4.78 is 26.4. The number of hydrogen-bond donors (Lipinski definition) is 1. The van der Waals surface area contributed by atoms with E-state index in [0.29, 0.717) is 12.1 Å². The molecule has 0 fully saturated rings. The van der Waals surface area contributed by atoms with Crippen molar-refractivity contribution in [1.82, 2.24) is 5.32 Å².